The lowest BCUT2D eigenvalue weighted by Crippen LogP contribution is -2.30. The van der Waals surface area contributed by atoms with E-state index in [0.29, 0.717) is 0 Å². The number of benzene rings is 1. The molecule has 0 saturated carbocycles. The second-order valence-electron chi connectivity index (χ2n) is 5.34. The van der Waals surface area contributed by atoms with Gasteiger partial charge in [0.1, 0.15) is 0 Å². The molecule has 1 aromatic carbocycles. The quantitative estimate of drug-likeness (QED) is 0.672. The summed E-state index contributed by atoms with van der Waals surface area (Å²) in [6, 6.07) is 6.77. The Bertz CT molecular complexity index is 413. The number of hydrogen-bond donors (Lipinski definition) is 1. The first-order valence-corrected chi connectivity index (χ1v) is 8.07. The van der Waals surface area contributed by atoms with Crippen LogP contribution in [0.4, 0.5) is 5.69 Å². The van der Waals surface area contributed by atoms with Crippen molar-refractivity contribution in [3.8, 4) is 0 Å². The molecule has 4 nitrogen and oxygen atoms in total. The lowest BCUT2D eigenvalue weighted by Gasteiger charge is -2.22. The fraction of sp³-hybridized carbons (Fsp3) is 0.647. The highest BCUT2D eigenvalue weighted by molar-refractivity contribution is 5.56. The Morgan fingerprint density at radius 3 is 2.48 bits per heavy atom. The number of hydrogen-bond acceptors (Lipinski definition) is 4. The first kappa shape index (κ1) is 16.3. The average molecular weight is 292 g/mol. The summed E-state index contributed by atoms with van der Waals surface area (Å²) in [7, 11) is 0. The van der Waals surface area contributed by atoms with E-state index >= 15 is 0 Å². The van der Waals surface area contributed by atoms with E-state index in [4.69, 9.17) is 9.47 Å². The van der Waals surface area contributed by atoms with E-state index in [1.54, 1.807) is 0 Å². The fourth-order valence-corrected chi connectivity index (χ4v) is 2.66. The van der Waals surface area contributed by atoms with Gasteiger partial charge in [0, 0.05) is 45.1 Å². The summed E-state index contributed by atoms with van der Waals surface area (Å²) < 4.78 is 11.0. The molecule has 0 radical (unpaired) electrons. The number of ether oxygens (including phenoxy) is 2. The molecule has 1 heterocycles. The highest BCUT2D eigenvalue weighted by atomic mass is 16.5. The molecular weight excluding hydrogens is 264 g/mol. The van der Waals surface area contributed by atoms with Gasteiger partial charge in [0.25, 0.3) is 0 Å². The van der Waals surface area contributed by atoms with Gasteiger partial charge in [-0.25, -0.2) is 0 Å². The summed E-state index contributed by atoms with van der Waals surface area (Å²) in [6.07, 6.45) is 1.14. The third kappa shape index (κ3) is 5.30. The molecule has 1 N–H and O–H groups in total. The maximum absolute atomic E-state index is 5.49. The Kier molecular flexibility index (Phi) is 7.00. The second-order valence-corrected chi connectivity index (χ2v) is 5.34. The zero-order chi connectivity index (χ0) is 14.9. The van der Waals surface area contributed by atoms with Gasteiger partial charge in [-0.1, -0.05) is 12.1 Å². The van der Waals surface area contributed by atoms with Crippen LogP contribution in [0.25, 0.3) is 0 Å². The molecule has 0 aromatic heterocycles. The molecule has 1 aliphatic rings. The molecule has 0 fully saturated rings. The van der Waals surface area contributed by atoms with Gasteiger partial charge in [-0.15, -0.1) is 0 Å². The number of rotatable bonds is 10. The van der Waals surface area contributed by atoms with Crippen molar-refractivity contribution in [2.45, 2.75) is 26.8 Å². The van der Waals surface area contributed by atoms with Crippen molar-refractivity contribution in [2.75, 3.05) is 51.4 Å². The summed E-state index contributed by atoms with van der Waals surface area (Å²) in [5.41, 5.74) is 4.13. The van der Waals surface area contributed by atoms with E-state index in [9.17, 15) is 0 Å². The average Bonchev–Trinajstić information content (AvgIpc) is 2.95. The summed E-state index contributed by atoms with van der Waals surface area (Å²) in [5.74, 6) is 0. The Hall–Kier alpha value is -1.10. The lowest BCUT2D eigenvalue weighted by molar-refractivity contribution is 0.0798. The van der Waals surface area contributed by atoms with Gasteiger partial charge in [-0.2, -0.15) is 0 Å². The first-order chi connectivity index (χ1) is 10.3. The van der Waals surface area contributed by atoms with E-state index in [0.717, 1.165) is 59.0 Å². The minimum absolute atomic E-state index is 0.782. The molecule has 21 heavy (non-hydrogen) atoms. The summed E-state index contributed by atoms with van der Waals surface area (Å²) in [5, 5.41) is 3.41. The van der Waals surface area contributed by atoms with Gasteiger partial charge in [0.05, 0.1) is 13.2 Å². The van der Waals surface area contributed by atoms with Crippen molar-refractivity contribution in [2.24, 2.45) is 0 Å². The van der Waals surface area contributed by atoms with Crippen LogP contribution in [0.1, 0.15) is 25.0 Å². The van der Waals surface area contributed by atoms with Gasteiger partial charge in [-0.05, 0) is 37.5 Å². The third-order valence-corrected chi connectivity index (χ3v) is 3.80. The lowest BCUT2D eigenvalue weighted by atomic mass is 10.1. The van der Waals surface area contributed by atoms with Crippen molar-refractivity contribution in [1.82, 2.24) is 4.90 Å². The fourth-order valence-electron chi connectivity index (χ4n) is 2.66. The van der Waals surface area contributed by atoms with Crippen LogP contribution < -0.4 is 5.32 Å². The molecule has 118 valence electrons. The SMILES string of the molecule is CCOCCN(CCOCC)Cc1ccc2c(c1)CCN2. The van der Waals surface area contributed by atoms with Crippen molar-refractivity contribution in [3.63, 3.8) is 0 Å². The molecular formula is C17H28N2O2. The Morgan fingerprint density at radius 2 is 1.81 bits per heavy atom. The minimum Gasteiger partial charge on any atom is -0.384 e. The Labute approximate surface area is 128 Å². The molecule has 4 heteroatoms. The number of nitrogens with zero attached hydrogens (tertiary/aromatic N) is 1. The van der Waals surface area contributed by atoms with Gasteiger partial charge < -0.3 is 14.8 Å². The predicted octanol–water partition coefficient (Wildman–Crippen LogP) is 2.53. The van der Waals surface area contributed by atoms with Gasteiger partial charge in [0.2, 0.25) is 0 Å². The highest BCUT2D eigenvalue weighted by Gasteiger charge is 2.12. The molecule has 1 aromatic rings. The minimum atomic E-state index is 0.782. The van der Waals surface area contributed by atoms with Gasteiger partial charge in [0.15, 0.2) is 0 Å². The van der Waals surface area contributed by atoms with Crippen LogP contribution in [0.5, 0.6) is 0 Å². The van der Waals surface area contributed by atoms with E-state index in [-0.39, 0.29) is 0 Å². The summed E-state index contributed by atoms with van der Waals surface area (Å²) in [4.78, 5) is 2.41. The first-order valence-electron chi connectivity index (χ1n) is 8.07. The maximum Gasteiger partial charge on any atom is 0.0593 e. The molecule has 0 unspecified atom stereocenters. The molecule has 0 aliphatic carbocycles. The molecule has 0 bridgehead atoms. The smallest absolute Gasteiger partial charge is 0.0593 e. The van der Waals surface area contributed by atoms with Crippen molar-refractivity contribution in [3.05, 3.63) is 29.3 Å². The van der Waals surface area contributed by atoms with Gasteiger partial charge in [-0.3, -0.25) is 4.90 Å². The number of nitrogens with one attached hydrogen (secondary N) is 1. The van der Waals surface area contributed by atoms with Crippen LogP contribution in [0, 0.1) is 0 Å². The van der Waals surface area contributed by atoms with E-state index in [1.807, 2.05) is 13.8 Å². The predicted molar refractivity (Wildman–Crippen MR) is 86.9 cm³/mol. The van der Waals surface area contributed by atoms with Crippen LogP contribution in [0.2, 0.25) is 0 Å². The van der Waals surface area contributed by atoms with Crippen LogP contribution >= 0.6 is 0 Å². The standard InChI is InChI=1S/C17H28N2O2/c1-3-20-11-9-19(10-12-21-4-2)14-15-5-6-17-16(13-15)7-8-18-17/h5-6,13,18H,3-4,7-12,14H2,1-2H3. The zero-order valence-corrected chi connectivity index (χ0v) is 13.4. The topological polar surface area (TPSA) is 33.7 Å². The summed E-state index contributed by atoms with van der Waals surface area (Å²) in [6.45, 7) is 11.2. The maximum atomic E-state index is 5.49. The van der Waals surface area contributed by atoms with Crippen molar-refractivity contribution >= 4 is 5.69 Å². The molecule has 0 spiro atoms. The number of anilines is 1. The molecule has 0 saturated heterocycles. The summed E-state index contributed by atoms with van der Waals surface area (Å²) >= 11 is 0. The van der Waals surface area contributed by atoms with E-state index < -0.39 is 0 Å². The van der Waals surface area contributed by atoms with E-state index in [2.05, 4.69) is 28.4 Å². The second kappa shape index (κ2) is 9.03. The van der Waals surface area contributed by atoms with Crippen LogP contribution in [-0.2, 0) is 22.4 Å². The largest absolute Gasteiger partial charge is 0.384 e. The zero-order valence-electron chi connectivity index (χ0n) is 13.4. The van der Waals surface area contributed by atoms with Crippen LogP contribution in [0.3, 0.4) is 0 Å². The molecule has 2 rings (SSSR count). The highest BCUT2D eigenvalue weighted by Crippen LogP contribution is 2.23. The molecule has 0 atom stereocenters. The van der Waals surface area contributed by atoms with Crippen molar-refractivity contribution in [1.29, 1.82) is 0 Å². The van der Waals surface area contributed by atoms with Gasteiger partial charge >= 0.3 is 0 Å². The van der Waals surface area contributed by atoms with Crippen LogP contribution in [-0.4, -0.2) is 51.0 Å². The third-order valence-electron chi connectivity index (χ3n) is 3.80. The molecule has 0 amide bonds. The van der Waals surface area contributed by atoms with Crippen LogP contribution in [0.15, 0.2) is 18.2 Å². The van der Waals surface area contributed by atoms with E-state index in [1.165, 1.54) is 16.8 Å². The molecule has 1 aliphatic heterocycles. The monoisotopic (exact) mass is 292 g/mol. The Morgan fingerprint density at radius 1 is 1.10 bits per heavy atom. The van der Waals surface area contributed by atoms with Crippen molar-refractivity contribution < 1.29 is 9.47 Å². The number of fused-ring (bicyclic) bond motifs is 1. The normalized spacial score (nSPS) is 13.5. The Balaban J connectivity index is 1.89.